The predicted molar refractivity (Wildman–Crippen MR) is 108 cm³/mol. The number of hydrogen-bond acceptors (Lipinski definition) is 3. The van der Waals surface area contributed by atoms with Crippen molar-refractivity contribution in [3.63, 3.8) is 0 Å². The monoisotopic (exact) mass is 401 g/mol. The van der Waals surface area contributed by atoms with E-state index in [1.165, 1.54) is 0 Å². The molecule has 0 radical (unpaired) electrons. The van der Waals surface area contributed by atoms with Crippen LogP contribution >= 0.6 is 23.2 Å². The number of benzene rings is 3. The van der Waals surface area contributed by atoms with Gasteiger partial charge in [0.2, 0.25) is 0 Å². The standard InChI is InChI=1S/C21H17Cl2NO3/c1-14(21(25)24-17-12-15(22)11-16(23)13-17)26-19-7-9-20(10-8-19)27-18-5-3-2-4-6-18/h2-14H,1H3,(H,24,25). The van der Waals surface area contributed by atoms with Gasteiger partial charge < -0.3 is 14.8 Å². The minimum absolute atomic E-state index is 0.307. The highest BCUT2D eigenvalue weighted by atomic mass is 35.5. The highest BCUT2D eigenvalue weighted by molar-refractivity contribution is 6.35. The van der Waals surface area contributed by atoms with Crippen molar-refractivity contribution >= 4 is 34.8 Å². The zero-order chi connectivity index (χ0) is 19.2. The van der Waals surface area contributed by atoms with Gasteiger partial charge in [0.05, 0.1) is 0 Å². The summed E-state index contributed by atoms with van der Waals surface area (Å²) in [6.07, 6.45) is -0.705. The minimum Gasteiger partial charge on any atom is -0.481 e. The van der Waals surface area contributed by atoms with Crippen LogP contribution in [0.3, 0.4) is 0 Å². The highest BCUT2D eigenvalue weighted by Crippen LogP contribution is 2.25. The molecule has 1 unspecified atom stereocenters. The fraction of sp³-hybridized carbons (Fsp3) is 0.0952. The maximum Gasteiger partial charge on any atom is 0.265 e. The number of halogens is 2. The van der Waals surface area contributed by atoms with Gasteiger partial charge in [-0.3, -0.25) is 4.79 Å². The van der Waals surface area contributed by atoms with Crippen LogP contribution in [0.25, 0.3) is 0 Å². The zero-order valence-electron chi connectivity index (χ0n) is 14.5. The quantitative estimate of drug-likeness (QED) is 0.535. The molecule has 0 aromatic heterocycles. The molecule has 1 atom stereocenters. The molecular formula is C21H17Cl2NO3. The average molecular weight is 402 g/mol. The Kier molecular flexibility index (Phi) is 6.22. The molecule has 138 valence electrons. The molecule has 0 heterocycles. The SMILES string of the molecule is CC(Oc1ccc(Oc2ccccc2)cc1)C(=O)Nc1cc(Cl)cc(Cl)c1. The predicted octanol–water partition coefficient (Wildman–Crippen LogP) is 6.19. The van der Waals surface area contributed by atoms with E-state index in [0.29, 0.717) is 27.2 Å². The van der Waals surface area contributed by atoms with Crippen molar-refractivity contribution in [2.24, 2.45) is 0 Å². The lowest BCUT2D eigenvalue weighted by molar-refractivity contribution is -0.122. The molecule has 4 nitrogen and oxygen atoms in total. The highest BCUT2D eigenvalue weighted by Gasteiger charge is 2.15. The first-order valence-corrected chi connectivity index (χ1v) is 9.02. The van der Waals surface area contributed by atoms with E-state index in [1.807, 2.05) is 30.3 Å². The molecule has 3 aromatic carbocycles. The van der Waals surface area contributed by atoms with Crippen molar-refractivity contribution in [3.05, 3.63) is 82.8 Å². The summed E-state index contributed by atoms with van der Waals surface area (Å²) >= 11 is 11.9. The molecule has 1 amide bonds. The fourth-order valence-corrected chi connectivity index (χ4v) is 2.86. The third-order valence-corrected chi connectivity index (χ3v) is 4.05. The number of hydrogen-bond donors (Lipinski definition) is 1. The van der Waals surface area contributed by atoms with Gasteiger partial charge in [0.25, 0.3) is 5.91 Å². The number of nitrogens with one attached hydrogen (secondary N) is 1. The number of amides is 1. The number of carbonyl (C=O) groups excluding carboxylic acids is 1. The van der Waals surface area contributed by atoms with E-state index < -0.39 is 6.10 Å². The minimum atomic E-state index is -0.705. The molecule has 1 N–H and O–H groups in total. The first-order valence-electron chi connectivity index (χ1n) is 8.26. The van der Waals surface area contributed by atoms with E-state index in [0.717, 1.165) is 5.75 Å². The first kappa shape index (κ1) is 19.1. The summed E-state index contributed by atoms with van der Waals surface area (Å²) in [5.74, 6) is 1.68. The molecule has 0 fully saturated rings. The van der Waals surface area contributed by atoms with Crippen LogP contribution in [0, 0.1) is 0 Å². The maximum absolute atomic E-state index is 12.3. The van der Waals surface area contributed by atoms with Gasteiger partial charge in [-0.1, -0.05) is 41.4 Å². The molecule has 0 spiro atoms. The van der Waals surface area contributed by atoms with E-state index in [4.69, 9.17) is 32.7 Å². The van der Waals surface area contributed by atoms with Crippen LogP contribution in [0.1, 0.15) is 6.92 Å². The van der Waals surface area contributed by atoms with Gasteiger partial charge in [-0.15, -0.1) is 0 Å². The molecule has 0 aliphatic heterocycles. The van der Waals surface area contributed by atoms with Gasteiger partial charge in [-0.25, -0.2) is 0 Å². The Morgan fingerprint density at radius 1 is 0.852 bits per heavy atom. The summed E-state index contributed by atoms with van der Waals surface area (Å²) in [4.78, 5) is 12.3. The van der Waals surface area contributed by atoms with E-state index in [1.54, 1.807) is 49.4 Å². The summed E-state index contributed by atoms with van der Waals surface area (Å²) in [6.45, 7) is 1.66. The topological polar surface area (TPSA) is 47.6 Å². The van der Waals surface area contributed by atoms with Gasteiger partial charge in [-0.05, 0) is 61.5 Å². The first-order chi connectivity index (χ1) is 13.0. The van der Waals surface area contributed by atoms with Crippen LogP contribution in [0.5, 0.6) is 17.2 Å². The molecular weight excluding hydrogens is 385 g/mol. The van der Waals surface area contributed by atoms with Gasteiger partial charge in [0.15, 0.2) is 6.10 Å². The third kappa shape index (κ3) is 5.64. The maximum atomic E-state index is 12.3. The Hall–Kier alpha value is -2.69. The smallest absolute Gasteiger partial charge is 0.265 e. The van der Waals surface area contributed by atoms with Crippen molar-refractivity contribution in [2.75, 3.05) is 5.32 Å². The molecule has 0 saturated heterocycles. The lowest BCUT2D eigenvalue weighted by atomic mass is 10.3. The van der Waals surface area contributed by atoms with Crippen molar-refractivity contribution in [2.45, 2.75) is 13.0 Å². The van der Waals surface area contributed by atoms with Crippen LogP contribution in [0.4, 0.5) is 5.69 Å². The van der Waals surface area contributed by atoms with Crippen LogP contribution in [0.2, 0.25) is 10.0 Å². The van der Waals surface area contributed by atoms with Gasteiger partial charge in [0, 0.05) is 15.7 Å². The summed E-state index contributed by atoms with van der Waals surface area (Å²) in [5.41, 5.74) is 0.513. The van der Waals surface area contributed by atoms with Crippen LogP contribution in [-0.2, 0) is 4.79 Å². The van der Waals surface area contributed by atoms with E-state index in [2.05, 4.69) is 5.32 Å². The third-order valence-electron chi connectivity index (χ3n) is 3.61. The number of ether oxygens (including phenoxy) is 2. The van der Waals surface area contributed by atoms with Crippen LogP contribution < -0.4 is 14.8 Å². The Morgan fingerprint density at radius 2 is 1.41 bits per heavy atom. The molecule has 0 aliphatic carbocycles. The number of rotatable bonds is 6. The zero-order valence-corrected chi connectivity index (χ0v) is 16.0. The number of anilines is 1. The molecule has 6 heteroatoms. The normalized spacial score (nSPS) is 11.5. The van der Waals surface area contributed by atoms with E-state index >= 15 is 0 Å². The van der Waals surface area contributed by atoms with Crippen LogP contribution in [0.15, 0.2) is 72.8 Å². The van der Waals surface area contributed by atoms with Crippen molar-refractivity contribution < 1.29 is 14.3 Å². The van der Waals surface area contributed by atoms with E-state index in [9.17, 15) is 4.79 Å². The summed E-state index contributed by atoms with van der Waals surface area (Å²) < 4.78 is 11.4. The van der Waals surface area contributed by atoms with Gasteiger partial charge in [-0.2, -0.15) is 0 Å². The molecule has 0 saturated carbocycles. The Morgan fingerprint density at radius 3 is 2.04 bits per heavy atom. The Labute approximate surface area is 167 Å². The summed E-state index contributed by atoms with van der Waals surface area (Å²) in [7, 11) is 0. The Balaban J connectivity index is 1.58. The van der Waals surface area contributed by atoms with E-state index in [-0.39, 0.29) is 5.91 Å². The lowest BCUT2D eigenvalue weighted by Gasteiger charge is -2.15. The second-order valence-electron chi connectivity index (χ2n) is 5.79. The number of para-hydroxylation sites is 1. The number of carbonyl (C=O) groups is 1. The van der Waals surface area contributed by atoms with Crippen molar-refractivity contribution in [3.8, 4) is 17.2 Å². The average Bonchev–Trinajstić information content (AvgIpc) is 2.63. The molecule has 3 rings (SSSR count). The van der Waals surface area contributed by atoms with Crippen molar-refractivity contribution in [1.82, 2.24) is 0 Å². The largest absolute Gasteiger partial charge is 0.481 e. The Bertz CT molecular complexity index is 894. The van der Waals surface area contributed by atoms with Gasteiger partial charge in [0.1, 0.15) is 17.2 Å². The summed E-state index contributed by atoms with van der Waals surface area (Å²) in [6, 6.07) is 21.4. The molecule has 3 aromatic rings. The summed E-state index contributed by atoms with van der Waals surface area (Å²) in [5, 5.41) is 3.62. The molecule has 0 bridgehead atoms. The second kappa shape index (κ2) is 8.80. The van der Waals surface area contributed by atoms with Crippen LogP contribution in [-0.4, -0.2) is 12.0 Å². The fourth-order valence-electron chi connectivity index (χ4n) is 2.34. The second-order valence-corrected chi connectivity index (χ2v) is 6.67. The lowest BCUT2D eigenvalue weighted by Crippen LogP contribution is -2.30. The molecule has 27 heavy (non-hydrogen) atoms. The van der Waals surface area contributed by atoms with Gasteiger partial charge >= 0.3 is 0 Å². The molecule has 0 aliphatic rings. The van der Waals surface area contributed by atoms with Crippen molar-refractivity contribution in [1.29, 1.82) is 0 Å².